The Bertz CT molecular complexity index is 1110. The van der Waals surface area contributed by atoms with Gasteiger partial charge in [0.25, 0.3) is 5.56 Å². The standard InChI is InChI=1S/C23H28N6O3/c1-16-3-5-18(6-4-16)19-7-8-21(30)29(26-19)15-20-25-23(32-27-20)22(31)24-11-14-28-12-9-17(2)10-13-28/h3-8,17H,9-15H2,1-2H3,(H,24,31). The van der Waals surface area contributed by atoms with Crippen LogP contribution >= 0.6 is 0 Å². The minimum absolute atomic E-state index is 0.0152. The van der Waals surface area contributed by atoms with Gasteiger partial charge in [-0.2, -0.15) is 10.1 Å². The van der Waals surface area contributed by atoms with Gasteiger partial charge in [-0.05, 0) is 44.8 Å². The number of aryl methyl sites for hydroxylation is 1. The van der Waals surface area contributed by atoms with Crippen LogP contribution in [0.15, 0.2) is 45.7 Å². The molecule has 1 aliphatic heterocycles. The van der Waals surface area contributed by atoms with E-state index in [4.69, 9.17) is 4.52 Å². The summed E-state index contributed by atoms with van der Waals surface area (Å²) >= 11 is 0. The van der Waals surface area contributed by atoms with E-state index in [1.165, 1.54) is 23.6 Å². The van der Waals surface area contributed by atoms with Gasteiger partial charge >= 0.3 is 11.8 Å². The molecule has 4 rings (SSSR count). The van der Waals surface area contributed by atoms with Gasteiger partial charge in [-0.1, -0.05) is 41.9 Å². The number of nitrogens with one attached hydrogen (secondary N) is 1. The molecule has 32 heavy (non-hydrogen) atoms. The first kappa shape index (κ1) is 21.9. The van der Waals surface area contributed by atoms with Crippen LogP contribution in [0.4, 0.5) is 0 Å². The summed E-state index contributed by atoms with van der Waals surface area (Å²) in [7, 11) is 0. The fourth-order valence-electron chi connectivity index (χ4n) is 3.67. The van der Waals surface area contributed by atoms with Gasteiger partial charge in [0.05, 0.1) is 5.69 Å². The quantitative estimate of drug-likeness (QED) is 0.605. The summed E-state index contributed by atoms with van der Waals surface area (Å²) in [5.41, 5.74) is 2.43. The maximum atomic E-state index is 12.3. The maximum Gasteiger partial charge on any atom is 0.316 e. The first-order chi connectivity index (χ1) is 15.5. The molecule has 2 aromatic heterocycles. The second kappa shape index (κ2) is 9.86. The summed E-state index contributed by atoms with van der Waals surface area (Å²) in [6, 6.07) is 11.0. The second-order valence-corrected chi connectivity index (χ2v) is 8.38. The summed E-state index contributed by atoms with van der Waals surface area (Å²) < 4.78 is 6.36. The average Bonchev–Trinajstić information content (AvgIpc) is 3.26. The van der Waals surface area contributed by atoms with Crippen molar-refractivity contribution in [2.24, 2.45) is 5.92 Å². The van der Waals surface area contributed by atoms with Crippen LogP contribution < -0.4 is 10.9 Å². The number of carbonyl (C=O) groups is 1. The normalized spacial score (nSPS) is 15.1. The molecule has 1 aliphatic rings. The molecule has 3 heterocycles. The molecule has 1 amide bonds. The van der Waals surface area contributed by atoms with Crippen LogP contribution in [-0.2, 0) is 6.54 Å². The number of benzene rings is 1. The molecule has 0 atom stereocenters. The average molecular weight is 437 g/mol. The van der Waals surface area contributed by atoms with Gasteiger partial charge in [0.15, 0.2) is 5.82 Å². The van der Waals surface area contributed by atoms with Gasteiger partial charge < -0.3 is 14.7 Å². The highest BCUT2D eigenvalue weighted by molar-refractivity contribution is 5.89. The van der Waals surface area contributed by atoms with E-state index in [9.17, 15) is 9.59 Å². The Labute approximate surface area is 186 Å². The van der Waals surface area contributed by atoms with Gasteiger partial charge in [-0.25, -0.2) is 4.68 Å². The highest BCUT2D eigenvalue weighted by Gasteiger charge is 2.18. The molecule has 9 heteroatoms. The van der Waals surface area contributed by atoms with Crippen molar-refractivity contribution in [3.05, 3.63) is 64.0 Å². The smallest absolute Gasteiger partial charge is 0.316 e. The Morgan fingerprint density at radius 2 is 1.91 bits per heavy atom. The third-order valence-corrected chi connectivity index (χ3v) is 5.76. The summed E-state index contributed by atoms with van der Waals surface area (Å²) in [6.07, 6.45) is 2.39. The number of hydrogen-bond acceptors (Lipinski definition) is 7. The molecule has 0 unspecified atom stereocenters. The highest BCUT2D eigenvalue weighted by Crippen LogP contribution is 2.16. The van der Waals surface area contributed by atoms with Crippen molar-refractivity contribution in [2.75, 3.05) is 26.2 Å². The molecule has 0 radical (unpaired) electrons. The molecule has 1 saturated heterocycles. The van der Waals surface area contributed by atoms with Gasteiger partial charge in [-0.15, -0.1) is 0 Å². The Kier molecular flexibility index (Phi) is 6.75. The van der Waals surface area contributed by atoms with Crippen molar-refractivity contribution in [1.29, 1.82) is 0 Å². The Morgan fingerprint density at radius 3 is 2.66 bits per heavy atom. The zero-order valence-electron chi connectivity index (χ0n) is 18.5. The molecular weight excluding hydrogens is 408 g/mol. The molecular formula is C23H28N6O3. The molecule has 9 nitrogen and oxygen atoms in total. The summed E-state index contributed by atoms with van der Waals surface area (Å²) in [5, 5.41) is 11.1. The fourth-order valence-corrected chi connectivity index (χ4v) is 3.67. The molecule has 1 N–H and O–H groups in total. The molecule has 1 aromatic carbocycles. The minimum Gasteiger partial charge on any atom is -0.347 e. The fraction of sp³-hybridized carbons (Fsp3) is 0.435. The number of carbonyl (C=O) groups excluding carboxylic acids is 1. The third kappa shape index (κ3) is 5.47. The van der Waals surface area contributed by atoms with Crippen LogP contribution in [0.25, 0.3) is 11.3 Å². The Balaban J connectivity index is 1.35. The maximum absolute atomic E-state index is 12.3. The molecule has 0 bridgehead atoms. The Hall–Kier alpha value is -3.33. The zero-order chi connectivity index (χ0) is 22.5. The number of piperidine rings is 1. The van der Waals surface area contributed by atoms with Crippen molar-refractivity contribution in [2.45, 2.75) is 33.2 Å². The van der Waals surface area contributed by atoms with E-state index < -0.39 is 5.91 Å². The predicted octanol–water partition coefficient (Wildman–Crippen LogP) is 2.11. The molecule has 168 valence electrons. The van der Waals surface area contributed by atoms with Crippen molar-refractivity contribution >= 4 is 5.91 Å². The van der Waals surface area contributed by atoms with Crippen LogP contribution in [0.1, 0.15) is 41.8 Å². The first-order valence-electron chi connectivity index (χ1n) is 11.0. The number of aromatic nitrogens is 4. The van der Waals surface area contributed by atoms with Gasteiger partial charge in [-0.3, -0.25) is 9.59 Å². The van der Waals surface area contributed by atoms with E-state index in [0.29, 0.717) is 12.2 Å². The van der Waals surface area contributed by atoms with Gasteiger partial charge in [0, 0.05) is 24.7 Å². The largest absolute Gasteiger partial charge is 0.347 e. The van der Waals surface area contributed by atoms with Crippen LogP contribution in [0, 0.1) is 12.8 Å². The number of amides is 1. The van der Waals surface area contributed by atoms with E-state index in [-0.39, 0.29) is 23.8 Å². The van der Waals surface area contributed by atoms with Crippen molar-refractivity contribution in [3.8, 4) is 11.3 Å². The third-order valence-electron chi connectivity index (χ3n) is 5.76. The summed E-state index contributed by atoms with van der Waals surface area (Å²) in [4.78, 5) is 31.1. The van der Waals surface area contributed by atoms with Crippen LogP contribution in [0.5, 0.6) is 0 Å². The highest BCUT2D eigenvalue weighted by atomic mass is 16.5. The Morgan fingerprint density at radius 1 is 1.16 bits per heavy atom. The zero-order valence-corrected chi connectivity index (χ0v) is 18.5. The molecule has 0 saturated carbocycles. The van der Waals surface area contributed by atoms with Gasteiger partial charge in [0.1, 0.15) is 6.54 Å². The molecule has 3 aromatic rings. The SMILES string of the molecule is Cc1ccc(-c2ccc(=O)n(Cc3noc(C(=O)NCCN4CCC(C)CC4)n3)n2)cc1. The van der Waals surface area contributed by atoms with E-state index in [2.05, 4.69) is 32.4 Å². The van der Waals surface area contributed by atoms with Crippen LogP contribution in [0.2, 0.25) is 0 Å². The number of rotatable bonds is 7. The van der Waals surface area contributed by atoms with E-state index in [1.54, 1.807) is 6.07 Å². The van der Waals surface area contributed by atoms with E-state index in [1.807, 2.05) is 31.2 Å². The minimum atomic E-state index is -0.414. The van der Waals surface area contributed by atoms with Gasteiger partial charge in [0.2, 0.25) is 0 Å². The number of nitrogens with zero attached hydrogens (tertiary/aromatic N) is 5. The lowest BCUT2D eigenvalue weighted by molar-refractivity contribution is 0.0901. The van der Waals surface area contributed by atoms with Crippen LogP contribution in [-0.4, -0.2) is 56.9 Å². The van der Waals surface area contributed by atoms with Crippen molar-refractivity contribution < 1.29 is 9.32 Å². The van der Waals surface area contributed by atoms with Crippen LogP contribution in [0.3, 0.4) is 0 Å². The summed E-state index contributed by atoms with van der Waals surface area (Å²) in [6.45, 7) is 7.73. The lowest BCUT2D eigenvalue weighted by Gasteiger charge is -2.29. The molecule has 1 fully saturated rings. The lowest BCUT2D eigenvalue weighted by Crippen LogP contribution is -2.39. The lowest BCUT2D eigenvalue weighted by atomic mass is 9.99. The van der Waals surface area contributed by atoms with Crippen molar-refractivity contribution in [1.82, 2.24) is 30.1 Å². The molecule has 0 aliphatic carbocycles. The summed E-state index contributed by atoms with van der Waals surface area (Å²) in [5.74, 6) is 0.464. The monoisotopic (exact) mass is 436 g/mol. The van der Waals surface area contributed by atoms with E-state index in [0.717, 1.165) is 36.7 Å². The molecule has 0 spiro atoms. The first-order valence-corrected chi connectivity index (χ1v) is 11.0. The van der Waals surface area contributed by atoms with Crippen molar-refractivity contribution in [3.63, 3.8) is 0 Å². The topological polar surface area (TPSA) is 106 Å². The number of hydrogen-bond donors (Lipinski definition) is 1. The predicted molar refractivity (Wildman–Crippen MR) is 119 cm³/mol. The van der Waals surface area contributed by atoms with E-state index >= 15 is 0 Å². The number of likely N-dealkylation sites (tertiary alicyclic amines) is 1. The second-order valence-electron chi connectivity index (χ2n) is 8.38.